The first kappa shape index (κ1) is 13.3. The van der Waals surface area contributed by atoms with Gasteiger partial charge in [0.1, 0.15) is 0 Å². The van der Waals surface area contributed by atoms with Crippen LogP contribution in [0, 0.1) is 17.3 Å². The van der Waals surface area contributed by atoms with Crippen molar-refractivity contribution in [2.24, 2.45) is 17.3 Å². The quantitative estimate of drug-likeness (QED) is 0.720. The Bertz CT molecular complexity index is 249. The summed E-state index contributed by atoms with van der Waals surface area (Å²) >= 11 is 0. The first-order valence-corrected chi connectivity index (χ1v) is 6.42. The van der Waals surface area contributed by atoms with Crippen LogP contribution in [0.15, 0.2) is 12.7 Å². The highest BCUT2D eigenvalue weighted by Crippen LogP contribution is 2.46. The molecular weight excluding hydrogens is 200 g/mol. The maximum Gasteiger partial charge on any atom is 0.310 e. The fourth-order valence-electron chi connectivity index (χ4n) is 2.98. The van der Waals surface area contributed by atoms with Gasteiger partial charge >= 0.3 is 5.97 Å². The number of aliphatic carboxylic acids is 1. The van der Waals surface area contributed by atoms with E-state index in [1.165, 1.54) is 12.8 Å². The Morgan fingerprint density at radius 3 is 2.50 bits per heavy atom. The Balaban J connectivity index is 2.70. The zero-order valence-corrected chi connectivity index (χ0v) is 10.5. The second-order valence-corrected chi connectivity index (χ2v) is 5.22. The van der Waals surface area contributed by atoms with E-state index < -0.39 is 11.4 Å². The normalized spacial score (nSPS) is 32.0. The maximum absolute atomic E-state index is 11.5. The van der Waals surface area contributed by atoms with Crippen molar-refractivity contribution < 1.29 is 9.90 Å². The van der Waals surface area contributed by atoms with E-state index in [2.05, 4.69) is 13.5 Å². The van der Waals surface area contributed by atoms with Gasteiger partial charge in [-0.2, -0.15) is 0 Å². The van der Waals surface area contributed by atoms with Crippen molar-refractivity contribution in [3.63, 3.8) is 0 Å². The molecule has 1 unspecified atom stereocenters. The molecule has 1 saturated carbocycles. The molecular formula is C14H24O2. The van der Waals surface area contributed by atoms with E-state index in [-0.39, 0.29) is 5.92 Å². The van der Waals surface area contributed by atoms with Crippen molar-refractivity contribution >= 4 is 5.97 Å². The monoisotopic (exact) mass is 224 g/mol. The molecule has 1 atom stereocenters. The summed E-state index contributed by atoms with van der Waals surface area (Å²) in [5.74, 6) is 0.192. The summed E-state index contributed by atoms with van der Waals surface area (Å²) in [7, 11) is 0. The van der Waals surface area contributed by atoms with Gasteiger partial charge < -0.3 is 5.11 Å². The fraction of sp³-hybridized carbons (Fsp3) is 0.786. The van der Waals surface area contributed by atoms with Crippen molar-refractivity contribution in [1.82, 2.24) is 0 Å². The van der Waals surface area contributed by atoms with E-state index in [1.807, 2.05) is 6.92 Å². The first-order chi connectivity index (χ1) is 7.56. The number of allylic oxidation sites excluding steroid dienone is 1. The van der Waals surface area contributed by atoms with Crippen molar-refractivity contribution in [1.29, 1.82) is 0 Å². The largest absolute Gasteiger partial charge is 0.481 e. The second kappa shape index (κ2) is 5.51. The summed E-state index contributed by atoms with van der Waals surface area (Å²) in [5, 5.41) is 9.46. The molecule has 0 spiro atoms. The number of hydrogen-bond donors (Lipinski definition) is 1. The minimum Gasteiger partial charge on any atom is -0.481 e. The lowest BCUT2D eigenvalue weighted by molar-refractivity contribution is -0.154. The van der Waals surface area contributed by atoms with E-state index in [9.17, 15) is 9.90 Å². The molecule has 1 rings (SSSR count). The lowest BCUT2D eigenvalue weighted by Gasteiger charge is -2.40. The molecule has 0 radical (unpaired) electrons. The Morgan fingerprint density at radius 2 is 2.12 bits per heavy atom. The van der Waals surface area contributed by atoms with E-state index in [4.69, 9.17) is 0 Å². The number of hydrogen-bond acceptors (Lipinski definition) is 1. The molecule has 16 heavy (non-hydrogen) atoms. The third kappa shape index (κ3) is 2.47. The molecule has 0 bridgehead atoms. The highest BCUT2D eigenvalue weighted by Gasteiger charge is 2.44. The van der Waals surface area contributed by atoms with Gasteiger partial charge in [0.15, 0.2) is 0 Å². The Hall–Kier alpha value is -0.790. The van der Waals surface area contributed by atoms with E-state index in [0.717, 1.165) is 31.6 Å². The summed E-state index contributed by atoms with van der Waals surface area (Å²) in [6.45, 7) is 7.94. The van der Waals surface area contributed by atoms with E-state index >= 15 is 0 Å². The zero-order valence-electron chi connectivity index (χ0n) is 10.5. The standard InChI is InChI=1S/C14H24O2/c1-4-6-12-7-9-14(10-8-12,13(15)16)11(3)5-2/h5,11-12H,2,4,6-10H2,1,3H3,(H,15,16). The molecule has 92 valence electrons. The fourth-order valence-corrected chi connectivity index (χ4v) is 2.98. The number of carbonyl (C=O) groups is 1. The van der Waals surface area contributed by atoms with E-state index in [0.29, 0.717) is 0 Å². The highest BCUT2D eigenvalue weighted by atomic mass is 16.4. The first-order valence-electron chi connectivity index (χ1n) is 6.42. The predicted octanol–water partition coefficient (Wildman–Crippen LogP) is 3.87. The summed E-state index contributed by atoms with van der Waals surface area (Å²) < 4.78 is 0. The summed E-state index contributed by atoms with van der Waals surface area (Å²) in [6, 6.07) is 0. The summed E-state index contributed by atoms with van der Waals surface area (Å²) in [5.41, 5.74) is -0.536. The molecule has 0 aromatic rings. The second-order valence-electron chi connectivity index (χ2n) is 5.22. The molecule has 0 aromatic carbocycles. The predicted molar refractivity (Wildman–Crippen MR) is 66.3 cm³/mol. The number of rotatable bonds is 5. The van der Waals surface area contributed by atoms with Crippen LogP contribution in [-0.4, -0.2) is 11.1 Å². The Labute approximate surface area is 98.7 Å². The van der Waals surface area contributed by atoms with Crippen molar-refractivity contribution in [2.45, 2.75) is 52.4 Å². The van der Waals surface area contributed by atoms with Gasteiger partial charge in [-0.25, -0.2) is 0 Å². The molecule has 0 heterocycles. The van der Waals surface area contributed by atoms with Crippen LogP contribution in [0.3, 0.4) is 0 Å². The van der Waals surface area contributed by atoms with Crippen LogP contribution in [0.5, 0.6) is 0 Å². The van der Waals surface area contributed by atoms with Gasteiger partial charge in [0, 0.05) is 0 Å². The zero-order chi connectivity index (χ0) is 12.2. The van der Waals surface area contributed by atoms with Crippen LogP contribution in [-0.2, 0) is 4.79 Å². The Morgan fingerprint density at radius 1 is 1.56 bits per heavy atom. The molecule has 0 saturated heterocycles. The molecule has 2 nitrogen and oxygen atoms in total. The Kier molecular flexibility index (Phi) is 4.57. The van der Waals surface area contributed by atoms with Crippen molar-refractivity contribution in [3.05, 3.63) is 12.7 Å². The molecule has 1 aliphatic carbocycles. The number of carboxylic acids is 1. The topological polar surface area (TPSA) is 37.3 Å². The molecule has 0 amide bonds. The maximum atomic E-state index is 11.5. The smallest absolute Gasteiger partial charge is 0.310 e. The van der Waals surface area contributed by atoms with Gasteiger partial charge in [-0.15, -0.1) is 6.58 Å². The molecule has 0 aromatic heterocycles. The minimum atomic E-state index is -0.630. The average molecular weight is 224 g/mol. The minimum absolute atomic E-state index is 0.0765. The lowest BCUT2D eigenvalue weighted by Crippen LogP contribution is -2.40. The van der Waals surface area contributed by atoms with Crippen molar-refractivity contribution in [3.8, 4) is 0 Å². The van der Waals surface area contributed by atoms with Gasteiger partial charge in [-0.3, -0.25) is 4.79 Å². The van der Waals surface area contributed by atoms with Crippen molar-refractivity contribution in [2.75, 3.05) is 0 Å². The molecule has 1 aliphatic rings. The van der Waals surface area contributed by atoms with Crippen LogP contribution in [0.1, 0.15) is 52.4 Å². The summed E-state index contributed by atoms with van der Waals surface area (Å²) in [4.78, 5) is 11.5. The van der Waals surface area contributed by atoms with Crippen LogP contribution in [0.25, 0.3) is 0 Å². The molecule has 2 heteroatoms. The van der Waals surface area contributed by atoms with Crippen LogP contribution in [0.4, 0.5) is 0 Å². The third-order valence-corrected chi connectivity index (χ3v) is 4.35. The van der Waals surface area contributed by atoms with Gasteiger partial charge in [-0.1, -0.05) is 32.8 Å². The molecule has 1 fully saturated rings. The molecule has 0 aliphatic heterocycles. The van der Waals surface area contributed by atoms with Gasteiger partial charge in [0.05, 0.1) is 5.41 Å². The van der Waals surface area contributed by atoms with Crippen LogP contribution < -0.4 is 0 Å². The molecule has 1 N–H and O–H groups in total. The average Bonchev–Trinajstić information content (AvgIpc) is 2.29. The van der Waals surface area contributed by atoms with E-state index in [1.54, 1.807) is 6.08 Å². The van der Waals surface area contributed by atoms with Crippen LogP contribution >= 0.6 is 0 Å². The van der Waals surface area contributed by atoms with Gasteiger partial charge in [-0.05, 0) is 37.5 Å². The third-order valence-electron chi connectivity index (χ3n) is 4.35. The van der Waals surface area contributed by atoms with Gasteiger partial charge in [0.25, 0.3) is 0 Å². The number of carboxylic acid groups (broad SMARTS) is 1. The van der Waals surface area contributed by atoms with Gasteiger partial charge in [0.2, 0.25) is 0 Å². The summed E-state index contributed by atoms with van der Waals surface area (Å²) in [6.07, 6.45) is 8.03. The SMILES string of the molecule is C=CC(C)C1(C(=O)O)CCC(CCC)CC1. The highest BCUT2D eigenvalue weighted by molar-refractivity contribution is 5.75. The van der Waals surface area contributed by atoms with Crippen LogP contribution in [0.2, 0.25) is 0 Å². The lowest BCUT2D eigenvalue weighted by atomic mass is 9.63.